The van der Waals surface area contributed by atoms with Crippen molar-refractivity contribution in [3.8, 4) is 0 Å². The van der Waals surface area contributed by atoms with Gasteiger partial charge in [-0.3, -0.25) is 4.79 Å². The normalized spacial score (nSPS) is 11.7. The number of hydrogen-bond donors (Lipinski definition) is 2. The molecule has 1 heterocycles. The van der Waals surface area contributed by atoms with Crippen LogP contribution in [0.25, 0.3) is 10.9 Å². The second-order valence-electron chi connectivity index (χ2n) is 6.29. The summed E-state index contributed by atoms with van der Waals surface area (Å²) in [6, 6.07) is 12.9. The molecule has 0 saturated heterocycles. The van der Waals surface area contributed by atoms with Crippen LogP contribution in [0.15, 0.2) is 54.7 Å². The first-order chi connectivity index (χ1) is 14.0. The molecule has 150 valence electrons. The SMILES string of the molecule is COC(=O)[C@H](Cc1c[nH]c2ccccc12)NC(=O)COC(=O)c1cccc(Cl)c1. The number of H-pyrrole nitrogens is 1. The number of carbonyl (C=O) groups excluding carboxylic acids is 3. The summed E-state index contributed by atoms with van der Waals surface area (Å²) in [6.45, 7) is -0.535. The van der Waals surface area contributed by atoms with Crippen molar-refractivity contribution in [3.05, 3.63) is 70.9 Å². The maximum Gasteiger partial charge on any atom is 0.338 e. The minimum absolute atomic E-state index is 0.227. The molecule has 1 atom stereocenters. The van der Waals surface area contributed by atoms with Crippen LogP contribution in [-0.4, -0.2) is 42.6 Å². The monoisotopic (exact) mass is 414 g/mol. The van der Waals surface area contributed by atoms with Crippen molar-refractivity contribution in [2.24, 2.45) is 0 Å². The van der Waals surface area contributed by atoms with Gasteiger partial charge in [-0.1, -0.05) is 35.9 Å². The molecular weight excluding hydrogens is 396 g/mol. The summed E-state index contributed by atoms with van der Waals surface area (Å²) in [7, 11) is 1.25. The Morgan fingerprint density at radius 2 is 1.93 bits per heavy atom. The molecule has 29 heavy (non-hydrogen) atoms. The maximum atomic E-state index is 12.2. The van der Waals surface area contributed by atoms with E-state index in [0.29, 0.717) is 5.02 Å². The lowest BCUT2D eigenvalue weighted by Crippen LogP contribution is -2.44. The smallest absolute Gasteiger partial charge is 0.338 e. The molecule has 8 heteroatoms. The number of para-hydroxylation sites is 1. The van der Waals surface area contributed by atoms with Gasteiger partial charge in [-0.25, -0.2) is 9.59 Å². The number of hydrogen-bond acceptors (Lipinski definition) is 5. The van der Waals surface area contributed by atoms with E-state index in [9.17, 15) is 14.4 Å². The Hall–Kier alpha value is -3.32. The minimum atomic E-state index is -0.920. The van der Waals surface area contributed by atoms with Gasteiger partial charge in [0.1, 0.15) is 6.04 Å². The molecule has 0 saturated carbocycles. The van der Waals surface area contributed by atoms with Gasteiger partial charge >= 0.3 is 11.9 Å². The van der Waals surface area contributed by atoms with E-state index in [1.807, 2.05) is 24.3 Å². The van der Waals surface area contributed by atoms with Gasteiger partial charge in [0.25, 0.3) is 5.91 Å². The standard InChI is InChI=1S/C21H19ClN2O5/c1-28-21(27)18(10-14-11-23-17-8-3-2-7-16(14)17)24-19(25)12-29-20(26)13-5-4-6-15(22)9-13/h2-9,11,18,23H,10,12H2,1H3,(H,24,25)/t18-/m0/s1. The van der Waals surface area contributed by atoms with Crippen LogP contribution < -0.4 is 5.32 Å². The molecule has 1 amide bonds. The summed E-state index contributed by atoms with van der Waals surface area (Å²) in [6.07, 6.45) is 2.01. The Kier molecular flexibility index (Phi) is 6.51. The van der Waals surface area contributed by atoms with Crippen LogP contribution in [0.4, 0.5) is 0 Å². The lowest BCUT2D eigenvalue weighted by Gasteiger charge is -2.16. The van der Waals surface area contributed by atoms with E-state index < -0.39 is 30.5 Å². The molecule has 0 spiro atoms. The van der Waals surface area contributed by atoms with E-state index in [4.69, 9.17) is 21.1 Å². The third kappa shape index (κ3) is 5.14. The zero-order valence-corrected chi connectivity index (χ0v) is 16.4. The second-order valence-corrected chi connectivity index (χ2v) is 6.73. The summed E-state index contributed by atoms with van der Waals surface area (Å²) < 4.78 is 9.79. The number of aromatic nitrogens is 1. The molecule has 2 N–H and O–H groups in total. The summed E-state index contributed by atoms with van der Waals surface area (Å²) in [5.41, 5.74) is 2.01. The number of carbonyl (C=O) groups is 3. The molecule has 2 aromatic carbocycles. The molecule has 3 rings (SSSR count). The van der Waals surface area contributed by atoms with Crippen molar-refractivity contribution in [2.75, 3.05) is 13.7 Å². The summed E-state index contributed by atoms with van der Waals surface area (Å²) in [4.78, 5) is 39.5. The number of rotatable bonds is 7. The number of halogens is 1. The van der Waals surface area contributed by atoms with Crippen molar-refractivity contribution in [1.29, 1.82) is 0 Å². The molecule has 0 unspecified atom stereocenters. The third-order valence-corrected chi connectivity index (χ3v) is 4.55. The van der Waals surface area contributed by atoms with Crippen LogP contribution in [0.2, 0.25) is 5.02 Å². The molecule has 0 aliphatic carbocycles. The average molecular weight is 415 g/mol. The fourth-order valence-corrected chi connectivity index (χ4v) is 3.11. The van der Waals surface area contributed by atoms with Crippen LogP contribution in [0.1, 0.15) is 15.9 Å². The van der Waals surface area contributed by atoms with E-state index in [1.165, 1.54) is 19.2 Å². The number of methoxy groups -OCH3 is 1. The summed E-state index contributed by atoms with van der Waals surface area (Å²) in [5, 5.41) is 3.89. The molecule has 0 aliphatic rings. The number of amides is 1. The molecule has 0 fully saturated rings. The highest BCUT2D eigenvalue weighted by atomic mass is 35.5. The number of ether oxygens (including phenoxy) is 2. The largest absolute Gasteiger partial charge is 0.467 e. The number of esters is 2. The lowest BCUT2D eigenvalue weighted by molar-refractivity contribution is -0.145. The Morgan fingerprint density at radius 1 is 1.14 bits per heavy atom. The van der Waals surface area contributed by atoms with Gasteiger partial charge in [-0.2, -0.15) is 0 Å². The topological polar surface area (TPSA) is 97.5 Å². The molecular formula is C21H19ClN2O5. The van der Waals surface area contributed by atoms with Crippen molar-refractivity contribution >= 4 is 40.3 Å². The first-order valence-electron chi connectivity index (χ1n) is 8.83. The predicted molar refractivity (Wildman–Crippen MR) is 108 cm³/mol. The molecule has 0 bridgehead atoms. The van der Waals surface area contributed by atoms with E-state index in [2.05, 4.69) is 10.3 Å². The van der Waals surface area contributed by atoms with Crippen LogP contribution in [-0.2, 0) is 25.5 Å². The Bertz CT molecular complexity index is 1050. The highest BCUT2D eigenvalue weighted by Crippen LogP contribution is 2.19. The molecule has 0 radical (unpaired) electrons. The third-order valence-electron chi connectivity index (χ3n) is 4.31. The maximum absolute atomic E-state index is 12.2. The Balaban J connectivity index is 1.63. The van der Waals surface area contributed by atoms with Gasteiger partial charge in [0.05, 0.1) is 12.7 Å². The minimum Gasteiger partial charge on any atom is -0.467 e. The molecule has 1 aromatic heterocycles. The fourth-order valence-electron chi connectivity index (χ4n) is 2.92. The van der Waals surface area contributed by atoms with Crippen LogP contribution in [0, 0.1) is 0 Å². The first-order valence-corrected chi connectivity index (χ1v) is 9.20. The quantitative estimate of drug-likeness (QED) is 0.579. The van der Waals surface area contributed by atoms with Crippen molar-refractivity contribution < 1.29 is 23.9 Å². The number of nitrogens with one attached hydrogen (secondary N) is 2. The zero-order valence-electron chi connectivity index (χ0n) is 15.6. The van der Waals surface area contributed by atoms with Gasteiger partial charge < -0.3 is 19.8 Å². The lowest BCUT2D eigenvalue weighted by atomic mass is 10.0. The van der Waals surface area contributed by atoms with E-state index in [0.717, 1.165) is 16.5 Å². The van der Waals surface area contributed by atoms with Gasteiger partial charge in [-0.05, 0) is 29.8 Å². The predicted octanol–water partition coefficient (Wildman–Crippen LogP) is 2.88. The van der Waals surface area contributed by atoms with Gasteiger partial charge in [0, 0.05) is 28.5 Å². The van der Waals surface area contributed by atoms with E-state index >= 15 is 0 Å². The van der Waals surface area contributed by atoms with Gasteiger partial charge in [0.15, 0.2) is 6.61 Å². The number of aromatic amines is 1. The highest BCUT2D eigenvalue weighted by molar-refractivity contribution is 6.30. The number of benzene rings is 2. The van der Waals surface area contributed by atoms with Crippen LogP contribution in [0.5, 0.6) is 0 Å². The van der Waals surface area contributed by atoms with Crippen LogP contribution >= 0.6 is 11.6 Å². The number of fused-ring (bicyclic) bond motifs is 1. The van der Waals surface area contributed by atoms with Crippen molar-refractivity contribution in [3.63, 3.8) is 0 Å². The van der Waals surface area contributed by atoms with Crippen LogP contribution in [0.3, 0.4) is 0 Å². The molecule has 7 nitrogen and oxygen atoms in total. The average Bonchev–Trinajstić information content (AvgIpc) is 3.14. The van der Waals surface area contributed by atoms with Gasteiger partial charge in [0.2, 0.25) is 0 Å². The summed E-state index contributed by atoms with van der Waals surface area (Å²) in [5.74, 6) is -1.89. The van der Waals surface area contributed by atoms with Gasteiger partial charge in [-0.15, -0.1) is 0 Å². The van der Waals surface area contributed by atoms with Crippen molar-refractivity contribution in [2.45, 2.75) is 12.5 Å². The highest BCUT2D eigenvalue weighted by Gasteiger charge is 2.24. The first kappa shape index (κ1) is 20.4. The molecule has 0 aliphatic heterocycles. The molecule has 3 aromatic rings. The van der Waals surface area contributed by atoms with E-state index in [-0.39, 0.29) is 12.0 Å². The zero-order chi connectivity index (χ0) is 20.8. The Labute approximate surface area is 171 Å². The Morgan fingerprint density at radius 3 is 2.69 bits per heavy atom. The summed E-state index contributed by atoms with van der Waals surface area (Å²) >= 11 is 5.84. The van der Waals surface area contributed by atoms with Crippen molar-refractivity contribution in [1.82, 2.24) is 10.3 Å². The second kappa shape index (κ2) is 9.25. The van der Waals surface area contributed by atoms with E-state index in [1.54, 1.807) is 18.3 Å². The fraction of sp³-hybridized carbons (Fsp3) is 0.190.